The highest BCUT2D eigenvalue weighted by Crippen LogP contribution is 2.24. The van der Waals surface area contributed by atoms with Crippen molar-refractivity contribution in [3.05, 3.63) is 42.5 Å². The van der Waals surface area contributed by atoms with E-state index in [0.717, 1.165) is 17.2 Å². The summed E-state index contributed by atoms with van der Waals surface area (Å²) in [5.74, 6) is 0.245. The van der Waals surface area contributed by atoms with Crippen molar-refractivity contribution < 1.29 is 13.2 Å². The molecule has 0 aromatic heterocycles. The quantitative estimate of drug-likeness (QED) is 0.944. The van der Waals surface area contributed by atoms with E-state index in [4.69, 9.17) is 4.74 Å². The van der Waals surface area contributed by atoms with Crippen molar-refractivity contribution in [3.8, 4) is 0 Å². The molecule has 1 aliphatic heterocycles. The van der Waals surface area contributed by atoms with Gasteiger partial charge >= 0.3 is 0 Å². The highest BCUT2D eigenvalue weighted by Gasteiger charge is 2.26. The Bertz CT molecular complexity index is 737. The summed E-state index contributed by atoms with van der Waals surface area (Å²) < 4.78 is 33.3. The summed E-state index contributed by atoms with van der Waals surface area (Å²) in [6.45, 7) is 3.12. The number of benzene rings is 2. The van der Waals surface area contributed by atoms with Crippen molar-refractivity contribution in [2.24, 2.45) is 5.92 Å². The lowest BCUT2D eigenvalue weighted by atomic mass is 10.0. The summed E-state index contributed by atoms with van der Waals surface area (Å²) in [4.78, 5) is 0.340. The second-order valence-corrected chi connectivity index (χ2v) is 7.19. The fraction of sp³-hybridized carbons (Fsp3) is 0.375. The predicted molar refractivity (Wildman–Crippen MR) is 82.7 cm³/mol. The van der Waals surface area contributed by atoms with Gasteiger partial charge in [0.2, 0.25) is 10.0 Å². The molecule has 0 bridgehead atoms. The zero-order valence-electron chi connectivity index (χ0n) is 12.0. The van der Waals surface area contributed by atoms with Crippen LogP contribution < -0.4 is 4.72 Å². The molecule has 3 rings (SSSR count). The Morgan fingerprint density at radius 1 is 1.19 bits per heavy atom. The number of ether oxygens (including phenoxy) is 1. The first-order valence-corrected chi connectivity index (χ1v) is 8.65. The molecule has 2 aromatic rings. The minimum atomic E-state index is -3.50. The lowest BCUT2D eigenvalue weighted by molar-refractivity contribution is 0.107. The van der Waals surface area contributed by atoms with Gasteiger partial charge in [-0.05, 0) is 24.8 Å². The van der Waals surface area contributed by atoms with Crippen LogP contribution in [0.1, 0.15) is 13.3 Å². The van der Waals surface area contributed by atoms with Gasteiger partial charge in [-0.1, -0.05) is 36.4 Å². The Labute approximate surface area is 125 Å². The predicted octanol–water partition coefficient (Wildman–Crippen LogP) is 2.54. The molecule has 2 unspecified atom stereocenters. The van der Waals surface area contributed by atoms with Crippen LogP contribution in [0, 0.1) is 5.92 Å². The third-order valence-electron chi connectivity index (χ3n) is 4.11. The van der Waals surface area contributed by atoms with E-state index in [-0.39, 0.29) is 12.0 Å². The molecular formula is C16H19NO3S. The monoisotopic (exact) mass is 305 g/mol. The first-order chi connectivity index (χ1) is 10.1. The molecule has 0 aliphatic carbocycles. The molecule has 0 amide bonds. The molecule has 0 radical (unpaired) electrons. The van der Waals surface area contributed by atoms with Gasteiger partial charge in [0.05, 0.1) is 11.0 Å². The Kier molecular flexibility index (Phi) is 3.97. The number of sulfonamides is 1. The van der Waals surface area contributed by atoms with E-state index < -0.39 is 10.0 Å². The zero-order valence-corrected chi connectivity index (χ0v) is 12.8. The number of rotatable bonds is 4. The van der Waals surface area contributed by atoms with Crippen molar-refractivity contribution >= 4 is 20.8 Å². The average Bonchev–Trinajstić information content (AvgIpc) is 2.90. The summed E-state index contributed by atoms with van der Waals surface area (Å²) in [6.07, 6.45) is 1.01. The lowest BCUT2D eigenvalue weighted by Gasteiger charge is -2.15. The molecule has 5 heteroatoms. The van der Waals surface area contributed by atoms with Gasteiger partial charge in [-0.3, -0.25) is 0 Å². The molecule has 1 aliphatic rings. The smallest absolute Gasteiger partial charge is 0.241 e. The molecule has 1 heterocycles. The first-order valence-electron chi connectivity index (χ1n) is 7.17. The summed E-state index contributed by atoms with van der Waals surface area (Å²) in [5, 5.41) is 1.68. The Morgan fingerprint density at radius 2 is 1.95 bits per heavy atom. The van der Waals surface area contributed by atoms with Crippen LogP contribution in [0.25, 0.3) is 10.8 Å². The minimum absolute atomic E-state index is 0.111. The van der Waals surface area contributed by atoms with Gasteiger partial charge in [0.15, 0.2) is 0 Å². The van der Waals surface area contributed by atoms with Crippen LogP contribution >= 0.6 is 0 Å². The lowest BCUT2D eigenvalue weighted by Crippen LogP contribution is -2.32. The molecular weight excluding hydrogens is 286 g/mol. The van der Waals surface area contributed by atoms with Crippen LogP contribution in [0.15, 0.2) is 47.4 Å². The molecule has 1 fully saturated rings. The summed E-state index contributed by atoms with van der Waals surface area (Å²) in [5.41, 5.74) is 0. The van der Waals surface area contributed by atoms with Crippen LogP contribution in [0.4, 0.5) is 0 Å². The molecule has 2 atom stereocenters. The number of hydrogen-bond donors (Lipinski definition) is 1. The molecule has 0 spiro atoms. The van der Waals surface area contributed by atoms with Gasteiger partial charge < -0.3 is 4.74 Å². The number of hydrogen-bond acceptors (Lipinski definition) is 3. The Morgan fingerprint density at radius 3 is 2.71 bits per heavy atom. The summed E-state index contributed by atoms with van der Waals surface area (Å²) >= 11 is 0. The van der Waals surface area contributed by atoms with Crippen LogP contribution in [0.5, 0.6) is 0 Å². The largest absolute Gasteiger partial charge is 0.378 e. The van der Waals surface area contributed by atoms with E-state index in [2.05, 4.69) is 4.72 Å². The molecule has 1 saturated heterocycles. The van der Waals surface area contributed by atoms with E-state index >= 15 is 0 Å². The minimum Gasteiger partial charge on any atom is -0.378 e. The van der Waals surface area contributed by atoms with E-state index in [0.29, 0.717) is 18.0 Å². The topological polar surface area (TPSA) is 55.4 Å². The van der Waals surface area contributed by atoms with Crippen LogP contribution in [0.2, 0.25) is 0 Å². The van der Waals surface area contributed by atoms with Crippen LogP contribution in [0.3, 0.4) is 0 Å². The molecule has 112 valence electrons. The average molecular weight is 305 g/mol. The van der Waals surface area contributed by atoms with E-state index in [1.54, 1.807) is 12.1 Å². The highest BCUT2D eigenvalue weighted by molar-refractivity contribution is 7.89. The molecule has 21 heavy (non-hydrogen) atoms. The standard InChI is InChI=1S/C16H19NO3S/c1-12-14(9-10-20-12)11-17-21(18,19)16-8-4-6-13-5-2-3-7-15(13)16/h2-8,12,14,17H,9-11H2,1H3. The third-order valence-corrected chi connectivity index (χ3v) is 5.59. The molecule has 4 nitrogen and oxygen atoms in total. The van der Waals surface area contributed by atoms with Crippen molar-refractivity contribution in [1.82, 2.24) is 4.72 Å². The maximum absolute atomic E-state index is 12.6. The summed E-state index contributed by atoms with van der Waals surface area (Å²) in [6, 6.07) is 12.9. The second-order valence-electron chi connectivity index (χ2n) is 5.45. The fourth-order valence-electron chi connectivity index (χ4n) is 2.77. The van der Waals surface area contributed by atoms with Crippen molar-refractivity contribution in [2.75, 3.05) is 13.2 Å². The summed E-state index contributed by atoms with van der Waals surface area (Å²) in [7, 11) is -3.50. The van der Waals surface area contributed by atoms with Crippen LogP contribution in [-0.4, -0.2) is 27.7 Å². The number of fused-ring (bicyclic) bond motifs is 1. The van der Waals surface area contributed by atoms with Gasteiger partial charge in [-0.25, -0.2) is 13.1 Å². The van der Waals surface area contributed by atoms with E-state index in [1.165, 1.54) is 0 Å². The van der Waals surface area contributed by atoms with Gasteiger partial charge in [-0.15, -0.1) is 0 Å². The van der Waals surface area contributed by atoms with Crippen molar-refractivity contribution in [3.63, 3.8) is 0 Å². The fourth-order valence-corrected chi connectivity index (χ4v) is 4.09. The van der Waals surface area contributed by atoms with Gasteiger partial charge in [0, 0.05) is 24.5 Å². The number of nitrogens with one attached hydrogen (secondary N) is 1. The maximum atomic E-state index is 12.6. The molecule has 0 saturated carbocycles. The molecule has 2 aromatic carbocycles. The van der Waals surface area contributed by atoms with Gasteiger partial charge in [0.25, 0.3) is 0 Å². The van der Waals surface area contributed by atoms with E-state index in [1.807, 2.05) is 37.3 Å². The van der Waals surface area contributed by atoms with Gasteiger partial charge in [-0.2, -0.15) is 0 Å². The first kappa shape index (κ1) is 14.5. The normalized spacial score (nSPS) is 22.7. The molecule has 1 N–H and O–H groups in total. The van der Waals surface area contributed by atoms with Gasteiger partial charge in [0.1, 0.15) is 0 Å². The third kappa shape index (κ3) is 2.95. The van der Waals surface area contributed by atoms with Crippen molar-refractivity contribution in [2.45, 2.75) is 24.3 Å². The Balaban J connectivity index is 1.86. The zero-order chi connectivity index (χ0) is 14.9. The SMILES string of the molecule is CC1OCCC1CNS(=O)(=O)c1cccc2ccccc12. The van der Waals surface area contributed by atoms with Crippen LogP contribution in [-0.2, 0) is 14.8 Å². The second kappa shape index (κ2) is 5.75. The highest BCUT2D eigenvalue weighted by atomic mass is 32.2. The Hall–Kier alpha value is -1.43. The van der Waals surface area contributed by atoms with Crippen molar-refractivity contribution in [1.29, 1.82) is 0 Å². The maximum Gasteiger partial charge on any atom is 0.241 e. The van der Waals surface area contributed by atoms with E-state index in [9.17, 15) is 8.42 Å².